The fraction of sp³-hybridized carbons (Fsp3) is 0.263. The normalized spacial score (nSPS) is 13.4. The molecule has 2 amide bonds. The Labute approximate surface area is 161 Å². The number of benzene rings is 2. The highest BCUT2D eigenvalue weighted by molar-refractivity contribution is 6.30. The summed E-state index contributed by atoms with van der Waals surface area (Å²) in [6, 6.07) is 15.3. The Balaban J connectivity index is 1.50. The number of rotatable bonds is 5. The minimum absolute atomic E-state index is 0.110. The summed E-state index contributed by atoms with van der Waals surface area (Å²) in [5.74, 6) is 0.645. The van der Waals surface area contributed by atoms with E-state index < -0.39 is 0 Å². The number of nitrogens with zero attached hydrogens (tertiary/aromatic N) is 5. The molecule has 3 aromatic rings. The number of hydrogen-bond donors (Lipinski definition) is 1. The zero-order valence-electron chi connectivity index (χ0n) is 14.8. The van der Waals surface area contributed by atoms with Gasteiger partial charge in [0.2, 0.25) is 0 Å². The average Bonchev–Trinajstić information content (AvgIpc) is 3.41. The van der Waals surface area contributed by atoms with Gasteiger partial charge in [-0.2, -0.15) is 0 Å². The quantitative estimate of drug-likeness (QED) is 0.729. The number of aryl methyl sites for hydroxylation is 1. The highest BCUT2D eigenvalue weighted by Crippen LogP contribution is 2.29. The number of anilines is 1. The average molecular weight is 383 g/mol. The molecule has 27 heavy (non-hydrogen) atoms. The van der Waals surface area contributed by atoms with E-state index in [0.717, 1.165) is 24.0 Å². The summed E-state index contributed by atoms with van der Waals surface area (Å²) < 4.78 is 1.60. The molecule has 0 unspecified atom stereocenters. The van der Waals surface area contributed by atoms with Gasteiger partial charge in [-0.3, -0.25) is 0 Å². The van der Waals surface area contributed by atoms with Crippen molar-refractivity contribution in [2.45, 2.75) is 25.4 Å². The Bertz CT molecular complexity index is 951. The first-order chi connectivity index (χ1) is 13.1. The number of carbonyl (C=O) groups is 1. The van der Waals surface area contributed by atoms with Crippen molar-refractivity contribution in [3.63, 3.8) is 0 Å². The molecule has 0 atom stereocenters. The van der Waals surface area contributed by atoms with E-state index in [4.69, 9.17) is 11.6 Å². The SMILES string of the molecule is Cn1nnnc1-c1cccc(NC(=O)N(Cc2ccc(Cl)cc2)C2CC2)c1. The van der Waals surface area contributed by atoms with E-state index in [2.05, 4.69) is 20.8 Å². The van der Waals surface area contributed by atoms with Gasteiger partial charge < -0.3 is 10.2 Å². The zero-order valence-corrected chi connectivity index (χ0v) is 15.6. The van der Waals surface area contributed by atoms with Gasteiger partial charge in [-0.1, -0.05) is 35.9 Å². The van der Waals surface area contributed by atoms with Gasteiger partial charge in [-0.05, 0) is 53.1 Å². The van der Waals surface area contributed by atoms with Gasteiger partial charge in [0, 0.05) is 35.9 Å². The monoisotopic (exact) mass is 382 g/mol. The van der Waals surface area contributed by atoms with E-state index in [1.54, 1.807) is 11.7 Å². The molecule has 1 aromatic heterocycles. The molecule has 138 valence electrons. The van der Waals surface area contributed by atoms with Crippen LogP contribution < -0.4 is 5.32 Å². The highest BCUT2D eigenvalue weighted by atomic mass is 35.5. The minimum Gasteiger partial charge on any atom is -0.317 e. The van der Waals surface area contributed by atoms with Crippen LogP contribution in [0.15, 0.2) is 48.5 Å². The maximum atomic E-state index is 12.9. The Morgan fingerprint density at radius 3 is 2.70 bits per heavy atom. The number of tetrazole rings is 1. The van der Waals surface area contributed by atoms with E-state index in [9.17, 15) is 4.79 Å². The van der Waals surface area contributed by atoms with Crippen molar-refractivity contribution in [1.82, 2.24) is 25.1 Å². The molecule has 0 aliphatic heterocycles. The molecule has 1 fully saturated rings. The largest absolute Gasteiger partial charge is 0.322 e. The molecule has 1 saturated carbocycles. The van der Waals surface area contributed by atoms with Gasteiger partial charge in [0.05, 0.1) is 0 Å². The second kappa shape index (κ2) is 7.36. The smallest absolute Gasteiger partial charge is 0.317 e. The summed E-state index contributed by atoms with van der Waals surface area (Å²) in [5.41, 5.74) is 2.61. The summed E-state index contributed by atoms with van der Waals surface area (Å²) in [7, 11) is 1.78. The van der Waals surface area contributed by atoms with Gasteiger partial charge in [0.25, 0.3) is 0 Å². The summed E-state index contributed by atoms with van der Waals surface area (Å²) in [6.45, 7) is 0.556. The van der Waals surface area contributed by atoms with E-state index in [1.807, 2.05) is 53.4 Å². The molecular formula is C19H19ClN6O. The first-order valence-corrected chi connectivity index (χ1v) is 9.13. The van der Waals surface area contributed by atoms with Crippen LogP contribution in [0.4, 0.5) is 10.5 Å². The number of halogens is 1. The van der Waals surface area contributed by atoms with Crippen molar-refractivity contribution in [3.8, 4) is 11.4 Å². The van der Waals surface area contributed by atoms with E-state index >= 15 is 0 Å². The number of nitrogens with one attached hydrogen (secondary N) is 1. The van der Waals surface area contributed by atoms with E-state index in [0.29, 0.717) is 23.1 Å². The number of aromatic nitrogens is 4. The second-order valence-electron chi connectivity index (χ2n) is 6.62. The fourth-order valence-electron chi connectivity index (χ4n) is 2.94. The molecule has 1 heterocycles. The van der Waals surface area contributed by atoms with Crippen LogP contribution in [0.2, 0.25) is 5.02 Å². The topological polar surface area (TPSA) is 75.9 Å². The Kier molecular flexibility index (Phi) is 4.77. The third-order valence-corrected chi connectivity index (χ3v) is 4.76. The standard InChI is InChI=1S/C19H19ClN6O/c1-25-18(22-23-24-25)14-3-2-4-16(11-14)21-19(27)26(17-9-10-17)12-13-5-7-15(20)8-6-13/h2-8,11,17H,9-10,12H2,1H3,(H,21,27). The van der Waals surface area contributed by atoms with Gasteiger partial charge >= 0.3 is 6.03 Å². The molecule has 8 heteroatoms. The molecule has 0 saturated heterocycles. The van der Waals surface area contributed by atoms with Crippen LogP contribution in [0.1, 0.15) is 18.4 Å². The third kappa shape index (κ3) is 4.09. The van der Waals surface area contributed by atoms with Crippen molar-refractivity contribution in [2.75, 3.05) is 5.32 Å². The van der Waals surface area contributed by atoms with E-state index in [-0.39, 0.29) is 12.1 Å². The van der Waals surface area contributed by atoms with Crippen molar-refractivity contribution < 1.29 is 4.79 Å². The van der Waals surface area contributed by atoms with Crippen molar-refractivity contribution in [1.29, 1.82) is 0 Å². The zero-order chi connectivity index (χ0) is 18.8. The lowest BCUT2D eigenvalue weighted by Crippen LogP contribution is -2.36. The molecule has 4 rings (SSSR count). The first-order valence-electron chi connectivity index (χ1n) is 8.75. The molecule has 2 aromatic carbocycles. The van der Waals surface area contributed by atoms with Crippen LogP contribution in [-0.2, 0) is 13.6 Å². The van der Waals surface area contributed by atoms with Crippen LogP contribution in [0, 0.1) is 0 Å². The molecular weight excluding hydrogens is 364 g/mol. The van der Waals surface area contributed by atoms with E-state index in [1.165, 1.54) is 0 Å². The maximum Gasteiger partial charge on any atom is 0.322 e. The van der Waals surface area contributed by atoms with Gasteiger partial charge in [0.1, 0.15) is 0 Å². The lowest BCUT2D eigenvalue weighted by Gasteiger charge is -2.23. The maximum absolute atomic E-state index is 12.9. The minimum atomic E-state index is -0.110. The lowest BCUT2D eigenvalue weighted by atomic mass is 10.2. The number of hydrogen-bond acceptors (Lipinski definition) is 4. The Morgan fingerprint density at radius 2 is 2.04 bits per heavy atom. The van der Waals surface area contributed by atoms with Gasteiger partial charge in [-0.25, -0.2) is 9.48 Å². The molecule has 1 aliphatic carbocycles. The Morgan fingerprint density at radius 1 is 1.26 bits per heavy atom. The van der Waals surface area contributed by atoms with Gasteiger partial charge in [0.15, 0.2) is 5.82 Å². The van der Waals surface area contributed by atoms with Crippen LogP contribution >= 0.6 is 11.6 Å². The summed E-state index contributed by atoms with van der Waals surface area (Å²) >= 11 is 5.95. The summed E-state index contributed by atoms with van der Waals surface area (Å²) in [5, 5.41) is 15.2. The third-order valence-electron chi connectivity index (χ3n) is 4.51. The predicted octanol–water partition coefficient (Wildman–Crippen LogP) is 3.73. The lowest BCUT2D eigenvalue weighted by molar-refractivity contribution is 0.206. The van der Waals surface area contributed by atoms with Gasteiger partial charge in [-0.15, -0.1) is 5.10 Å². The Hall–Kier alpha value is -2.93. The molecule has 0 spiro atoms. The highest BCUT2D eigenvalue weighted by Gasteiger charge is 2.32. The molecule has 1 aliphatic rings. The first kappa shape index (κ1) is 17.5. The van der Waals surface area contributed by atoms with Crippen LogP contribution in [0.5, 0.6) is 0 Å². The fourth-order valence-corrected chi connectivity index (χ4v) is 3.07. The molecule has 0 bridgehead atoms. The molecule has 1 N–H and O–H groups in total. The van der Waals surface area contributed by atoms with Crippen molar-refractivity contribution in [2.24, 2.45) is 7.05 Å². The predicted molar refractivity (Wildman–Crippen MR) is 103 cm³/mol. The number of urea groups is 1. The second-order valence-corrected chi connectivity index (χ2v) is 7.06. The van der Waals surface area contributed by atoms with Crippen molar-refractivity contribution in [3.05, 3.63) is 59.1 Å². The molecule has 0 radical (unpaired) electrons. The van der Waals surface area contributed by atoms with Crippen LogP contribution in [-0.4, -0.2) is 37.2 Å². The number of amides is 2. The molecule has 7 nitrogen and oxygen atoms in total. The summed E-state index contributed by atoms with van der Waals surface area (Å²) in [4.78, 5) is 14.7. The summed E-state index contributed by atoms with van der Waals surface area (Å²) in [6.07, 6.45) is 2.07. The van der Waals surface area contributed by atoms with Crippen LogP contribution in [0.25, 0.3) is 11.4 Å². The van der Waals surface area contributed by atoms with Crippen molar-refractivity contribution >= 4 is 23.3 Å². The number of carbonyl (C=O) groups excluding carboxylic acids is 1. The van der Waals surface area contributed by atoms with Crippen LogP contribution in [0.3, 0.4) is 0 Å².